The van der Waals surface area contributed by atoms with Gasteiger partial charge >= 0.3 is 0 Å². The summed E-state index contributed by atoms with van der Waals surface area (Å²) in [4.78, 5) is 0. The lowest BCUT2D eigenvalue weighted by molar-refractivity contribution is 0.418. The molecule has 0 amide bonds. The molecule has 0 radical (unpaired) electrons. The molecule has 122 valence electrons. The summed E-state index contributed by atoms with van der Waals surface area (Å²) in [5, 5.41) is 8.36. The van der Waals surface area contributed by atoms with Gasteiger partial charge in [-0.05, 0) is 19.4 Å². The van der Waals surface area contributed by atoms with Gasteiger partial charge in [0.15, 0.2) is 0 Å². The highest BCUT2D eigenvalue weighted by Crippen LogP contribution is 2.20. The van der Waals surface area contributed by atoms with E-state index in [0.29, 0.717) is 19.6 Å². The van der Waals surface area contributed by atoms with Crippen molar-refractivity contribution in [1.29, 1.82) is 0 Å². The molecule has 1 aromatic rings. The van der Waals surface area contributed by atoms with E-state index in [0.717, 1.165) is 35.8 Å². The zero-order valence-electron chi connectivity index (χ0n) is 13.2. The maximum Gasteiger partial charge on any atom is 0.211 e. The van der Waals surface area contributed by atoms with Crippen molar-refractivity contribution in [3.63, 3.8) is 0 Å². The standard InChI is InChI=1S/C13H25ClN4O2S/c1-5-11-13(14)12(17(3)16-11)10-15-8-7-9-18(6-2)21(4,19)20/h15H,5-10H2,1-4H3. The summed E-state index contributed by atoms with van der Waals surface area (Å²) in [6, 6.07) is 0. The lowest BCUT2D eigenvalue weighted by atomic mass is 10.3. The number of hydrogen-bond acceptors (Lipinski definition) is 4. The molecule has 21 heavy (non-hydrogen) atoms. The molecule has 0 fully saturated rings. The lowest BCUT2D eigenvalue weighted by Gasteiger charge is -2.17. The molecule has 1 heterocycles. The second kappa shape index (κ2) is 8.12. The van der Waals surface area contributed by atoms with Crippen molar-refractivity contribution in [2.45, 2.75) is 33.2 Å². The van der Waals surface area contributed by atoms with Crippen molar-refractivity contribution in [1.82, 2.24) is 19.4 Å². The number of aromatic nitrogens is 2. The van der Waals surface area contributed by atoms with E-state index >= 15 is 0 Å². The molecule has 0 saturated heterocycles. The molecule has 1 aromatic heterocycles. The van der Waals surface area contributed by atoms with Gasteiger partial charge in [0.1, 0.15) is 0 Å². The number of nitrogens with one attached hydrogen (secondary N) is 1. The number of nitrogens with zero attached hydrogens (tertiary/aromatic N) is 3. The first-order valence-corrected chi connectivity index (χ1v) is 9.39. The Bertz CT molecular complexity index is 557. The molecule has 0 aliphatic carbocycles. The normalized spacial score (nSPS) is 12.3. The van der Waals surface area contributed by atoms with E-state index in [1.165, 1.54) is 10.6 Å². The summed E-state index contributed by atoms with van der Waals surface area (Å²) in [6.07, 6.45) is 2.81. The third-order valence-corrected chi connectivity index (χ3v) is 5.19. The Labute approximate surface area is 132 Å². The molecule has 0 aromatic carbocycles. The SMILES string of the molecule is CCc1nn(C)c(CNCCCN(CC)S(C)(=O)=O)c1Cl. The summed E-state index contributed by atoms with van der Waals surface area (Å²) in [5.74, 6) is 0. The number of sulfonamides is 1. The number of hydrogen-bond donors (Lipinski definition) is 1. The van der Waals surface area contributed by atoms with Crippen molar-refractivity contribution in [3.8, 4) is 0 Å². The summed E-state index contributed by atoms with van der Waals surface area (Å²) >= 11 is 6.26. The third kappa shape index (κ3) is 5.25. The van der Waals surface area contributed by atoms with Crippen LogP contribution in [0.15, 0.2) is 0 Å². The van der Waals surface area contributed by atoms with Crippen LogP contribution in [0.5, 0.6) is 0 Å². The molecule has 0 aliphatic rings. The van der Waals surface area contributed by atoms with E-state index in [4.69, 9.17) is 11.6 Å². The van der Waals surface area contributed by atoms with Gasteiger partial charge in [-0.15, -0.1) is 0 Å². The quantitative estimate of drug-likeness (QED) is 0.692. The van der Waals surface area contributed by atoms with Crippen molar-refractivity contribution >= 4 is 21.6 Å². The fraction of sp³-hybridized carbons (Fsp3) is 0.769. The van der Waals surface area contributed by atoms with Crippen LogP contribution < -0.4 is 5.32 Å². The van der Waals surface area contributed by atoms with Gasteiger partial charge < -0.3 is 5.32 Å². The molecule has 8 heteroatoms. The average Bonchev–Trinajstić information content (AvgIpc) is 2.68. The van der Waals surface area contributed by atoms with Gasteiger partial charge in [0, 0.05) is 26.7 Å². The van der Waals surface area contributed by atoms with Crippen molar-refractivity contribution in [2.24, 2.45) is 7.05 Å². The molecule has 0 spiro atoms. The molecule has 6 nitrogen and oxygen atoms in total. The van der Waals surface area contributed by atoms with Gasteiger partial charge in [0.05, 0.1) is 22.7 Å². The average molecular weight is 337 g/mol. The van der Waals surface area contributed by atoms with Crippen LogP contribution in [-0.4, -0.2) is 48.4 Å². The molecule has 0 saturated carbocycles. The first kappa shape index (κ1) is 18.4. The largest absolute Gasteiger partial charge is 0.311 e. The lowest BCUT2D eigenvalue weighted by Crippen LogP contribution is -2.32. The molecule has 0 bridgehead atoms. The Morgan fingerprint density at radius 1 is 1.38 bits per heavy atom. The van der Waals surface area contributed by atoms with Crippen LogP contribution in [0.25, 0.3) is 0 Å². The van der Waals surface area contributed by atoms with E-state index in [2.05, 4.69) is 10.4 Å². The molecule has 1 rings (SSSR count). The summed E-state index contributed by atoms with van der Waals surface area (Å²) in [5.41, 5.74) is 1.87. The van der Waals surface area contributed by atoms with Gasteiger partial charge in [-0.25, -0.2) is 12.7 Å². The Hall–Kier alpha value is -0.630. The minimum atomic E-state index is -3.10. The highest BCUT2D eigenvalue weighted by Gasteiger charge is 2.14. The summed E-state index contributed by atoms with van der Waals surface area (Å²) in [6.45, 7) is 6.27. The predicted molar refractivity (Wildman–Crippen MR) is 86.0 cm³/mol. The second-order valence-corrected chi connectivity index (χ2v) is 7.33. The van der Waals surface area contributed by atoms with Crippen LogP contribution in [0.2, 0.25) is 5.02 Å². The smallest absolute Gasteiger partial charge is 0.211 e. The topological polar surface area (TPSA) is 67.2 Å². The van der Waals surface area contributed by atoms with Gasteiger partial charge in [0.2, 0.25) is 10.0 Å². The zero-order chi connectivity index (χ0) is 16.0. The molecule has 0 aliphatic heterocycles. The van der Waals surface area contributed by atoms with Crippen LogP contribution in [0.3, 0.4) is 0 Å². The Balaban J connectivity index is 2.40. The van der Waals surface area contributed by atoms with Crippen LogP contribution >= 0.6 is 11.6 Å². The van der Waals surface area contributed by atoms with Gasteiger partial charge in [-0.3, -0.25) is 4.68 Å². The minimum Gasteiger partial charge on any atom is -0.311 e. The maximum atomic E-state index is 11.4. The predicted octanol–water partition coefficient (Wildman–Crippen LogP) is 1.40. The van der Waals surface area contributed by atoms with E-state index in [1.54, 1.807) is 4.68 Å². The summed E-state index contributed by atoms with van der Waals surface area (Å²) in [7, 11) is -1.22. The fourth-order valence-corrected chi connectivity index (χ4v) is 3.45. The number of aryl methyl sites for hydroxylation is 2. The second-order valence-electron chi connectivity index (χ2n) is 4.97. The Kier molecular flexibility index (Phi) is 7.12. The van der Waals surface area contributed by atoms with Crippen molar-refractivity contribution in [2.75, 3.05) is 25.9 Å². The highest BCUT2D eigenvalue weighted by atomic mass is 35.5. The van der Waals surface area contributed by atoms with Gasteiger partial charge in [-0.1, -0.05) is 25.4 Å². The van der Waals surface area contributed by atoms with Crippen molar-refractivity contribution in [3.05, 3.63) is 16.4 Å². The monoisotopic (exact) mass is 336 g/mol. The number of rotatable bonds is 9. The van der Waals surface area contributed by atoms with Crippen LogP contribution in [0, 0.1) is 0 Å². The molecular formula is C13H25ClN4O2S. The zero-order valence-corrected chi connectivity index (χ0v) is 14.8. The van der Waals surface area contributed by atoms with Crippen molar-refractivity contribution < 1.29 is 8.42 Å². The van der Waals surface area contributed by atoms with E-state index in [1.807, 2.05) is 20.9 Å². The highest BCUT2D eigenvalue weighted by molar-refractivity contribution is 7.88. The number of halogens is 1. The molecule has 1 N–H and O–H groups in total. The summed E-state index contributed by atoms with van der Waals surface area (Å²) < 4.78 is 26.2. The maximum absolute atomic E-state index is 11.4. The molecular weight excluding hydrogens is 312 g/mol. The van der Waals surface area contributed by atoms with Gasteiger partial charge in [-0.2, -0.15) is 5.10 Å². The van der Waals surface area contributed by atoms with Crippen LogP contribution in [0.1, 0.15) is 31.7 Å². The molecule has 0 unspecified atom stereocenters. The van der Waals surface area contributed by atoms with E-state index < -0.39 is 10.0 Å². The van der Waals surface area contributed by atoms with Crippen LogP contribution in [0.4, 0.5) is 0 Å². The van der Waals surface area contributed by atoms with E-state index in [9.17, 15) is 8.42 Å². The third-order valence-electron chi connectivity index (χ3n) is 3.38. The van der Waals surface area contributed by atoms with Crippen LogP contribution in [-0.2, 0) is 30.0 Å². The van der Waals surface area contributed by atoms with Gasteiger partial charge in [0.25, 0.3) is 0 Å². The first-order valence-electron chi connectivity index (χ1n) is 7.17. The Morgan fingerprint density at radius 2 is 2.05 bits per heavy atom. The first-order chi connectivity index (χ1) is 9.81. The fourth-order valence-electron chi connectivity index (χ4n) is 2.16. The Morgan fingerprint density at radius 3 is 2.52 bits per heavy atom. The van der Waals surface area contributed by atoms with E-state index in [-0.39, 0.29) is 0 Å². The molecule has 0 atom stereocenters. The minimum absolute atomic E-state index is 0.506.